The van der Waals surface area contributed by atoms with Crippen LogP contribution in [0.1, 0.15) is 35.2 Å². The Hall–Kier alpha value is -2.81. The van der Waals surface area contributed by atoms with Crippen LogP contribution in [0, 0.1) is 12.8 Å². The summed E-state index contributed by atoms with van der Waals surface area (Å²) < 4.78 is 11.0. The summed E-state index contributed by atoms with van der Waals surface area (Å²) in [5.41, 5.74) is 6.20. The van der Waals surface area contributed by atoms with Crippen LogP contribution in [0.3, 0.4) is 0 Å². The fourth-order valence-corrected chi connectivity index (χ4v) is 3.55. The van der Waals surface area contributed by atoms with Gasteiger partial charge in [-0.05, 0) is 43.9 Å². The second-order valence-electron chi connectivity index (χ2n) is 7.15. The third kappa shape index (κ3) is 4.53. The van der Waals surface area contributed by atoms with Gasteiger partial charge in [0.1, 0.15) is 13.2 Å². The second-order valence-corrected chi connectivity index (χ2v) is 7.15. The van der Waals surface area contributed by atoms with Crippen molar-refractivity contribution < 1.29 is 29.0 Å². The zero-order valence-electron chi connectivity index (χ0n) is 15.7. The van der Waals surface area contributed by atoms with Crippen LogP contribution in [0.25, 0.3) is 0 Å². The van der Waals surface area contributed by atoms with Crippen LogP contribution in [-0.4, -0.2) is 54.7 Å². The standard InChI is InChI=1S/C19H25N3O6/c1-10-6-15-16(28-5-4-27-15)8-12(10)19(26)22-13-7-11(2-3-14(13)23)18(25)21-9-17(20)24/h6,8,11,13-14,23H,2-5,7,9H2,1H3,(H2,20,24)(H,21,25)(H,22,26)/t11-,13+,14+/m0/s1. The fraction of sp³-hybridized carbons (Fsp3) is 0.526. The Balaban J connectivity index is 1.67. The highest BCUT2D eigenvalue weighted by Gasteiger charge is 2.34. The van der Waals surface area contributed by atoms with Crippen molar-refractivity contribution in [3.05, 3.63) is 23.3 Å². The van der Waals surface area contributed by atoms with Crippen molar-refractivity contribution in [2.24, 2.45) is 11.7 Å². The number of carbonyl (C=O) groups is 3. The number of aliphatic hydroxyl groups excluding tert-OH is 1. The van der Waals surface area contributed by atoms with Gasteiger partial charge in [-0.15, -0.1) is 0 Å². The predicted octanol–water partition coefficient (Wildman–Crippen LogP) is -0.373. The summed E-state index contributed by atoms with van der Waals surface area (Å²) in [6.07, 6.45) is 0.379. The van der Waals surface area contributed by atoms with Crippen LogP contribution in [0.5, 0.6) is 11.5 Å². The van der Waals surface area contributed by atoms with Crippen LogP contribution in [-0.2, 0) is 9.59 Å². The van der Waals surface area contributed by atoms with Crippen LogP contribution >= 0.6 is 0 Å². The van der Waals surface area contributed by atoms with Crippen molar-refractivity contribution in [2.45, 2.75) is 38.3 Å². The molecule has 9 heteroatoms. The summed E-state index contributed by atoms with van der Waals surface area (Å²) in [5, 5.41) is 15.6. The van der Waals surface area contributed by atoms with Gasteiger partial charge in [0.05, 0.1) is 18.7 Å². The average Bonchev–Trinajstić information content (AvgIpc) is 2.67. The van der Waals surface area contributed by atoms with Crippen molar-refractivity contribution in [1.82, 2.24) is 10.6 Å². The fourth-order valence-electron chi connectivity index (χ4n) is 3.55. The summed E-state index contributed by atoms with van der Waals surface area (Å²) in [6, 6.07) is 2.81. The molecule has 1 fully saturated rings. The van der Waals surface area contributed by atoms with E-state index in [1.54, 1.807) is 19.1 Å². The number of nitrogens with two attached hydrogens (primary N) is 1. The van der Waals surface area contributed by atoms with E-state index in [0.717, 1.165) is 5.56 Å². The molecule has 1 aromatic rings. The predicted molar refractivity (Wildman–Crippen MR) is 99.0 cm³/mol. The van der Waals surface area contributed by atoms with Crippen molar-refractivity contribution in [1.29, 1.82) is 0 Å². The van der Waals surface area contributed by atoms with E-state index in [1.807, 2.05) is 0 Å². The maximum atomic E-state index is 12.8. The van der Waals surface area contributed by atoms with Crippen molar-refractivity contribution in [2.75, 3.05) is 19.8 Å². The van der Waals surface area contributed by atoms with E-state index in [-0.39, 0.29) is 24.8 Å². The SMILES string of the molecule is Cc1cc2c(cc1C(=O)N[C@@H]1C[C@@H](C(=O)NCC(N)=O)CC[C@H]1O)OCCO2. The molecule has 0 radical (unpaired) electrons. The zero-order chi connectivity index (χ0) is 20.3. The van der Waals surface area contributed by atoms with Gasteiger partial charge >= 0.3 is 0 Å². The van der Waals surface area contributed by atoms with Crippen LogP contribution in [0.4, 0.5) is 0 Å². The first kappa shape index (κ1) is 19.9. The van der Waals surface area contributed by atoms with E-state index in [9.17, 15) is 19.5 Å². The Labute approximate surface area is 162 Å². The smallest absolute Gasteiger partial charge is 0.251 e. The lowest BCUT2D eigenvalue weighted by atomic mass is 9.83. The normalized spacial score (nSPS) is 23.6. The highest BCUT2D eigenvalue weighted by Crippen LogP contribution is 2.33. The molecular weight excluding hydrogens is 366 g/mol. The molecule has 3 rings (SSSR count). The highest BCUT2D eigenvalue weighted by atomic mass is 16.6. The number of aliphatic hydroxyl groups is 1. The number of amides is 3. The lowest BCUT2D eigenvalue weighted by Gasteiger charge is -2.33. The molecule has 1 aromatic carbocycles. The zero-order valence-corrected chi connectivity index (χ0v) is 15.7. The van der Waals surface area contributed by atoms with Crippen LogP contribution in [0.15, 0.2) is 12.1 Å². The molecule has 152 valence electrons. The minimum absolute atomic E-state index is 0.231. The Morgan fingerprint density at radius 3 is 2.54 bits per heavy atom. The lowest BCUT2D eigenvalue weighted by Crippen LogP contribution is -2.50. The topological polar surface area (TPSA) is 140 Å². The first-order chi connectivity index (χ1) is 13.3. The van der Waals surface area contributed by atoms with E-state index in [2.05, 4.69) is 10.6 Å². The van der Waals surface area contributed by atoms with Gasteiger partial charge in [0.2, 0.25) is 11.8 Å². The summed E-state index contributed by atoms with van der Waals surface area (Å²) in [4.78, 5) is 35.8. The molecule has 3 amide bonds. The van der Waals surface area contributed by atoms with E-state index in [4.69, 9.17) is 15.2 Å². The number of fused-ring (bicyclic) bond motifs is 1. The minimum atomic E-state index is -0.748. The number of primary amides is 1. The molecule has 3 atom stereocenters. The molecule has 9 nitrogen and oxygen atoms in total. The molecule has 2 aliphatic rings. The largest absolute Gasteiger partial charge is 0.486 e. The van der Waals surface area contributed by atoms with Crippen LogP contribution < -0.4 is 25.8 Å². The third-order valence-corrected chi connectivity index (χ3v) is 5.07. The molecule has 28 heavy (non-hydrogen) atoms. The summed E-state index contributed by atoms with van der Waals surface area (Å²) in [7, 11) is 0. The molecule has 5 N–H and O–H groups in total. The van der Waals surface area contributed by atoms with Gasteiger partial charge in [-0.1, -0.05) is 0 Å². The van der Waals surface area contributed by atoms with E-state index in [0.29, 0.717) is 43.1 Å². The molecule has 0 spiro atoms. The minimum Gasteiger partial charge on any atom is -0.486 e. The Morgan fingerprint density at radius 1 is 1.18 bits per heavy atom. The van der Waals surface area contributed by atoms with Gasteiger partial charge in [-0.3, -0.25) is 14.4 Å². The highest BCUT2D eigenvalue weighted by molar-refractivity contribution is 5.96. The van der Waals surface area contributed by atoms with E-state index in [1.165, 1.54) is 0 Å². The second kappa shape index (κ2) is 8.47. The van der Waals surface area contributed by atoms with Crippen LogP contribution in [0.2, 0.25) is 0 Å². The van der Waals surface area contributed by atoms with Crippen molar-refractivity contribution in [3.8, 4) is 11.5 Å². The number of ether oxygens (including phenoxy) is 2. The number of aryl methyl sites for hydroxylation is 1. The first-order valence-electron chi connectivity index (χ1n) is 9.30. The molecule has 0 bridgehead atoms. The molecule has 0 unspecified atom stereocenters. The van der Waals surface area contributed by atoms with Gasteiger partial charge in [0.15, 0.2) is 11.5 Å². The number of benzene rings is 1. The van der Waals surface area contributed by atoms with Gasteiger partial charge in [-0.2, -0.15) is 0 Å². The maximum Gasteiger partial charge on any atom is 0.251 e. The molecular formula is C19H25N3O6. The Kier molecular flexibility index (Phi) is 6.03. The monoisotopic (exact) mass is 391 g/mol. The number of rotatable bonds is 5. The molecule has 1 heterocycles. The van der Waals surface area contributed by atoms with Crippen molar-refractivity contribution in [3.63, 3.8) is 0 Å². The van der Waals surface area contributed by atoms with Gasteiger partial charge in [-0.25, -0.2) is 0 Å². The maximum absolute atomic E-state index is 12.8. The van der Waals surface area contributed by atoms with E-state index >= 15 is 0 Å². The first-order valence-corrected chi connectivity index (χ1v) is 9.30. The molecule has 0 aromatic heterocycles. The number of nitrogens with one attached hydrogen (secondary N) is 2. The third-order valence-electron chi connectivity index (χ3n) is 5.07. The van der Waals surface area contributed by atoms with Crippen molar-refractivity contribution >= 4 is 17.7 Å². The average molecular weight is 391 g/mol. The number of hydrogen-bond donors (Lipinski definition) is 4. The number of carbonyl (C=O) groups excluding carboxylic acids is 3. The Morgan fingerprint density at radius 2 is 1.86 bits per heavy atom. The van der Waals surface area contributed by atoms with Gasteiger partial charge < -0.3 is 30.9 Å². The van der Waals surface area contributed by atoms with Gasteiger partial charge in [0, 0.05) is 11.5 Å². The quantitative estimate of drug-likeness (QED) is 0.540. The number of hydrogen-bond acceptors (Lipinski definition) is 6. The molecule has 1 aliphatic heterocycles. The van der Waals surface area contributed by atoms with E-state index < -0.39 is 24.0 Å². The lowest BCUT2D eigenvalue weighted by molar-refractivity contribution is -0.129. The molecule has 1 aliphatic carbocycles. The summed E-state index contributed by atoms with van der Waals surface area (Å²) in [6.45, 7) is 2.45. The Bertz CT molecular complexity index is 781. The summed E-state index contributed by atoms with van der Waals surface area (Å²) in [5.74, 6) is -0.575. The van der Waals surface area contributed by atoms with Gasteiger partial charge in [0.25, 0.3) is 5.91 Å². The molecule has 0 saturated heterocycles. The molecule has 1 saturated carbocycles. The summed E-state index contributed by atoms with van der Waals surface area (Å²) >= 11 is 0.